The van der Waals surface area contributed by atoms with Gasteiger partial charge in [-0.1, -0.05) is 6.07 Å². The van der Waals surface area contributed by atoms with E-state index in [4.69, 9.17) is 0 Å². The van der Waals surface area contributed by atoms with E-state index >= 15 is 0 Å². The van der Waals surface area contributed by atoms with Crippen LogP contribution >= 0.6 is 0 Å². The summed E-state index contributed by atoms with van der Waals surface area (Å²) in [5, 5.41) is 9.73. The molecule has 1 aliphatic carbocycles. The fourth-order valence-electron chi connectivity index (χ4n) is 5.18. The van der Waals surface area contributed by atoms with E-state index in [2.05, 4.69) is 0 Å². The Morgan fingerprint density at radius 1 is 1.07 bits per heavy atom. The highest BCUT2D eigenvalue weighted by atomic mass is 19.4. The van der Waals surface area contributed by atoms with Gasteiger partial charge in [0, 0.05) is 31.4 Å². The Balaban J connectivity index is 1.50. The van der Waals surface area contributed by atoms with Gasteiger partial charge in [-0.25, -0.2) is 0 Å². The SMILES string of the molecule is O=C1N([C@H]2CC[C@H](O)CC2)CCC12CCCN(c1cccc(C(F)(F)F)c1)C2. The molecule has 1 amide bonds. The molecule has 1 spiro atoms. The molecule has 1 unspecified atom stereocenters. The number of likely N-dealkylation sites (tertiary alicyclic amines) is 1. The van der Waals surface area contributed by atoms with E-state index in [1.165, 1.54) is 12.1 Å². The van der Waals surface area contributed by atoms with Crippen molar-refractivity contribution < 1.29 is 23.1 Å². The second-order valence-electron chi connectivity index (χ2n) is 8.56. The molecular weight excluding hydrogens is 369 g/mol. The lowest BCUT2D eigenvalue weighted by Crippen LogP contribution is -2.50. The van der Waals surface area contributed by atoms with Crippen LogP contribution in [0.3, 0.4) is 0 Å². The van der Waals surface area contributed by atoms with Crippen molar-refractivity contribution >= 4 is 11.6 Å². The lowest BCUT2D eigenvalue weighted by atomic mass is 9.78. The van der Waals surface area contributed by atoms with E-state index in [1.807, 2.05) is 9.80 Å². The molecule has 0 bridgehead atoms. The number of alkyl halides is 3. The van der Waals surface area contributed by atoms with E-state index in [1.54, 1.807) is 6.07 Å². The Morgan fingerprint density at radius 2 is 1.82 bits per heavy atom. The summed E-state index contributed by atoms with van der Waals surface area (Å²) in [7, 11) is 0. The van der Waals surface area contributed by atoms with Crippen LogP contribution in [0, 0.1) is 5.41 Å². The number of amides is 1. The molecule has 1 saturated carbocycles. The molecule has 1 aromatic rings. The number of benzene rings is 1. The summed E-state index contributed by atoms with van der Waals surface area (Å²) in [6.45, 7) is 1.88. The molecule has 3 fully saturated rings. The summed E-state index contributed by atoms with van der Waals surface area (Å²) in [5.74, 6) is 0.158. The maximum Gasteiger partial charge on any atom is 0.416 e. The monoisotopic (exact) mass is 396 g/mol. The highest BCUT2D eigenvalue weighted by Crippen LogP contribution is 2.44. The molecule has 28 heavy (non-hydrogen) atoms. The summed E-state index contributed by atoms with van der Waals surface area (Å²) in [6.07, 6.45) is 0.881. The van der Waals surface area contributed by atoms with Crippen molar-refractivity contribution in [3.05, 3.63) is 29.8 Å². The third-order valence-electron chi connectivity index (χ3n) is 6.77. The van der Waals surface area contributed by atoms with Gasteiger partial charge in [-0.05, 0) is 63.1 Å². The molecule has 154 valence electrons. The first kappa shape index (κ1) is 19.6. The van der Waals surface area contributed by atoms with Crippen molar-refractivity contribution in [1.29, 1.82) is 0 Å². The quantitative estimate of drug-likeness (QED) is 0.826. The number of aliphatic hydroxyl groups is 1. The second-order valence-corrected chi connectivity index (χ2v) is 8.56. The Morgan fingerprint density at radius 3 is 2.54 bits per heavy atom. The van der Waals surface area contributed by atoms with E-state index in [9.17, 15) is 23.1 Å². The fourth-order valence-corrected chi connectivity index (χ4v) is 5.18. The molecule has 0 radical (unpaired) electrons. The van der Waals surface area contributed by atoms with Gasteiger partial charge in [0.05, 0.1) is 17.1 Å². The molecule has 4 nitrogen and oxygen atoms in total. The number of piperidine rings is 1. The number of carbonyl (C=O) groups is 1. The molecule has 2 heterocycles. The van der Waals surface area contributed by atoms with Crippen molar-refractivity contribution in [3.63, 3.8) is 0 Å². The van der Waals surface area contributed by atoms with E-state index in [-0.39, 0.29) is 18.1 Å². The Kier molecular flexibility index (Phi) is 5.06. The maximum absolute atomic E-state index is 13.3. The first-order valence-electron chi connectivity index (χ1n) is 10.2. The number of anilines is 1. The summed E-state index contributed by atoms with van der Waals surface area (Å²) >= 11 is 0. The maximum atomic E-state index is 13.3. The molecular formula is C21H27F3N2O2. The summed E-state index contributed by atoms with van der Waals surface area (Å²) in [6, 6.07) is 5.62. The van der Waals surface area contributed by atoms with E-state index < -0.39 is 17.2 Å². The number of halogens is 3. The highest BCUT2D eigenvalue weighted by Gasteiger charge is 2.50. The minimum absolute atomic E-state index is 0.158. The third-order valence-corrected chi connectivity index (χ3v) is 6.77. The molecule has 4 rings (SSSR count). The summed E-state index contributed by atoms with van der Waals surface area (Å²) in [5.41, 5.74) is -0.589. The Labute approximate surface area is 163 Å². The zero-order valence-electron chi connectivity index (χ0n) is 15.9. The van der Waals surface area contributed by atoms with Crippen molar-refractivity contribution in [2.75, 3.05) is 24.5 Å². The molecule has 7 heteroatoms. The van der Waals surface area contributed by atoms with Crippen LogP contribution in [0.15, 0.2) is 24.3 Å². The zero-order chi connectivity index (χ0) is 19.9. The first-order chi connectivity index (χ1) is 13.3. The van der Waals surface area contributed by atoms with Gasteiger partial charge in [0.25, 0.3) is 0 Å². The van der Waals surface area contributed by atoms with Gasteiger partial charge in [0.15, 0.2) is 0 Å². The molecule has 0 aromatic heterocycles. The number of nitrogens with zero attached hydrogens (tertiary/aromatic N) is 2. The number of aliphatic hydroxyl groups excluding tert-OH is 1. The summed E-state index contributed by atoms with van der Waals surface area (Å²) in [4.78, 5) is 17.3. The van der Waals surface area contributed by atoms with Crippen LogP contribution in [0.1, 0.15) is 50.5 Å². The van der Waals surface area contributed by atoms with Gasteiger partial charge in [-0.15, -0.1) is 0 Å². The van der Waals surface area contributed by atoms with Crippen molar-refractivity contribution in [1.82, 2.24) is 4.90 Å². The minimum atomic E-state index is -4.37. The average Bonchev–Trinajstić information content (AvgIpc) is 2.98. The number of rotatable bonds is 2. The normalized spacial score (nSPS) is 31.6. The smallest absolute Gasteiger partial charge is 0.393 e. The van der Waals surface area contributed by atoms with Crippen molar-refractivity contribution in [2.45, 2.75) is 63.3 Å². The number of carbonyl (C=O) groups excluding carboxylic acids is 1. The van der Waals surface area contributed by atoms with Crippen LogP contribution in [0.5, 0.6) is 0 Å². The lowest BCUT2D eigenvalue weighted by molar-refractivity contribution is -0.139. The van der Waals surface area contributed by atoms with Gasteiger partial charge < -0.3 is 14.9 Å². The zero-order valence-corrected chi connectivity index (χ0v) is 15.9. The number of hydrogen-bond donors (Lipinski definition) is 1. The van der Waals surface area contributed by atoms with Crippen molar-refractivity contribution in [3.8, 4) is 0 Å². The fraction of sp³-hybridized carbons (Fsp3) is 0.667. The molecule has 1 aromatic carbocycles. The van der Waals surface area contributed by atoms with Crippen LogP contribution in [-0.2, 0) is 11.0 Å². The second kappa shape index (κ2) is 7.25. The predicted octanol–water partition coefficient (Wildman–Crippen LogP) is 3.83. The molecule has 2 saturated heterocycles. The van der Waals surface area contributed by atoms with E-state index in [0.717, 1.165) is 57.6 Å². The Hall–Kier alpha value is -1.76. The van der Waals surface area contributed by atoms with Crippen LogP contribution in [0.2, 0.25) is 0 Å². The van der Waals surface area contributed by atoms with Gasteiger partial charge in [0.2, 0.25) is 5.91 Å². The van der Waals surface area contributed by atoms with Gasteiger partial charge in [-0.3, -0.25) is 4.79 Å². The molecule has 2 aliphatic heterocycles. The van der Waals surface area contributed by atoms with Crippen LogP contribution in [-0.4, -0.2) is 47.7 Å². The Bertz CT molecular complexity index is 731. The highest BCUT2D eigenvalue weighted by molar-refractivity contribution is 5.86. The molecule has 3 aliphatic rings. The minimum Gasteiger partial charge on any atom is -0.393 e. The predicted molar refractivity (Wildman–Crippen MR) is 99.9 cm³/mol. The van der Waals surface area contributed by atoms with Gasteiger partial charge >= 0.3 is 6.18 Å². The van der Waals surface area contributed by atoms with Crippen LogP contribution < -0.4 is 4.90 Å². The van der Waals surface area contributed by atoms with Crippen LogP contribution in [0.4, 0.5) is 18.9 Å². The molecule has 1 atom stereocenters. The topological polar surface area (TPSA) is 43.8 Å². The van der Waals surface area contributed by atoms with Crippen molar-refractivity contribution in [2.24, 2.45) is 5.41 Å². The van der Waals surface area contributed by atoms with Gasteiger partial charge in [0.1, 0.15) is 0 Å². The van der Waals surface area contributed by atoms with Crippen LogP contribution in [0.25, 0.3) is 0 Å². The standard InChI is InChI=1S/C21H27F3N2O2/c22-21(23,24)15-3-1-4-17(13-15)25-11-2-9-20(14-25)10-12-26(19(20)28)16-5-7-18(27)8-6-16/h1,3-4,13,16,18,27H,2,5-12,14H2/t16-,18-,20?. The molecule has 1 N–H and O–H groups in total. The first-order valence-corrected chi connectivity index (χ1v) is 10.2. The summed E-state index contributed by atoms with van der Waals surface area (Å²) < 4.78 is 39.2. The number of hydrogen-bond acceptors (Lipinski definition) is 3. The lowest BCUT2D eigenvalue weighted by Gasteiger charge is -2.41. The van der Waals surface area contributed by atoms with Gasteiger partial charge in [-0.2, -0.15) is 13.2 Å². The largest absolute Gasteiger partial charge is 0.416 e. The third kappa shape index (κ3) is 3.61. The van der Waals surface area contributed by atoms with E-state index in [0.29, 0.717) is 18.8 Å². The average molecular weight is 396 g/mol.